The van der Waals surface area contributed by atoms with E-state index in [0.29, 0.717) is 12.2 Å². The third-order valence-corrected chi connectivity index (χ3v) is 5.02. The lowest BCUT2D eigenvalue weighted by Gasteiger charge is -2.35. The van der Waals surface area contributed by atoms with Crippen LogP contribution in [-0.2, 0) is 6.42 Å². The van der Waals surface area contributed by atoms with Crippen LogP contribution >= 0.6 is 0 Å². The first-order valence-corrected chi connectivity index (χ1v) is 9.54. The van der Waals surface area contributed by atoms with E-state index >= 15 is 0 Å². The van der Waals surface area contributed by atoms with Gasteiger partial charge >= 0.3 is 0 Å². The highest BCUT2D eigenvalue weighted by atomic mass is 16.5. The minimum absolute atomic E-state index is 0.127. The molecule has 0 spiro atoms. The van der Waals surface area contributed by atoms with Crippen molar-refractivity contribution in [2.75, 3.05) is 51.3 Å². The standard InChI is InChI=1S/C21H28N4O2/c1-3-24-12-14-25(15-13-24)18-9-11-22-20(16-18)21(26)23-10-8-17-4-6-19(27-2)7-5-17/h4-7,9,11,16H,3,8,10,12-15H2,1-2H3,(H,23,26). The molecule has 0 radical (unpaired) electrons. The molecule has 144 valence electrons. The SMILES string of the molecule is CCN1CCN(c2ccnc(C(=O)NCCc3ccc(OC)cc3)c2)CC1. The fraction of sp³-hybridized carbons (Fsp3) is 0.429. The van der Waals surface area contributed by atoms with Crippen molar-refractivity contribution < 1.29 is 9.53 Å². The fourth-order valence-electron chi connectivity index (χ4n) is 3.27. The Hall–Kier alpha value is -2.60. The summed E-state index contributed by atoms with van der Waals surface area (Å²) in [6, 6.07) is 11.8. The summed E-state index contributed by atoms with van der Waals surface area (Å²) in [5.74, 6) is 0.709. The molecule has 3 rings (SSSR count). The van der Waals surface area contributed by atoms with E-state index < -0.39 is 0 Å². The van der Waals surface area contributed by atoms with Crippen LogP contribution in [0.15, 0.2) is 42.6 Å². The van der Waals surface area contributed by atoms with E-state index in [-0.39, 0.29) is 5.91 Å². The highest BCUT2D eigenvalue weighted by molar-refractivity contribution is 5.93. The summed E-state index contributed by atoms with van der Waals surface area (Å²) in [5, 5.41) is 2.96. The topological polar surface area (TPSA) is 57.7 Å². The second-order valence-corrected chi connectivity index (χ2v) is 6.67. The summed E-state index contributed by atoms with van der Waals surface area (Å²) in [5.41, 5.74) is 2.70. The Morgan fingerprint density at radius 1 is 1.15 bits per heavy atom. The molecule has 1 amide bonds. The number of aromatic nitrogens is 1. The second kappa shape index (κ2) is 9.37. The zero-order valence-electron chi connectivity index (χ0n) is 16.1. The van der Waals surface area contributed by atoms with E-state index in [2.05, 4.69) is 27.0 Å². The van der Waals surface area contributed by atoms with Crippen molar-refractivity contribution in [2.45, 2.75) is 13.3 Å². The molecule has 0 atom stereocenters. The van der Waals surface area contributed by atoms with Gasteiger partial charge in [0.15, 0.2) is 0 Å². The molecular formula is C21H28N4O2. The number of carbonyl (C=O) groups excluding carboxylic acids is 1. The molecule has 1 aromatic carbocycles. The summed E-state index contributed by atoms with van der Waals surface area (Å²) in [7, 11) is 1.65. The molecule has 1 aromatic heterocycles. The molecule has 2 aromatic rings. The zero-order chi connectivity index (χ0) is 19.1. The summed E-state index contributed by atoms with van der Waals surface area (Å²) >= 11 is 0. The number of benzene rings is 1. The molecule has 6 nitrogen and oxygen atoms in total. The van der Waals surface area contributed by atoms with Crippen LogP contribution < -0.4 is 15.0 Å². The van der Waals surface area contributed by atoms with E-state index in [1.165, 1.54) is 0 Å². The van der Waals surface area contributed by atoms with Gasteiger partial charge in [-0.3, -0.25) is 9.78 Å². The van der Waals surface area contributed by atoms with Crippen molar-refractivity contribution in [2.24, 2.45) is 0 Å². The van der Waals surface area contributed by atoms with Gasteiger partial charge in [-0.2, -0.15) is 0 Å². The van der Waals surface area contributed by atoms with Gasteiger partial charge in [0.05, 0.1) is 7.11 Å². The van der Waals surface area contributed by atoms with Gasteiger partial charge in [-0.05, 0) is 42.8 Å². The normalized spacial score (nSPS) is 14.8. The number of hydrogen-bond donors (Lipinski definition) is 1. The highest BCUT2D eigenvalue weighted by Crippen LogP contribution is 2.17. The van der Waals surface area contributed by atoms with Crippen molar-refractivity contribution in [3.63, 3.8) is 0 Å². The van der Waals surface area contributed by atoms with Crippen molar-refractivity contribution in [1.82, 2.24) is 15.2 Å². The predicted molar refractivity (Wildman–Crippen MR) is 108 cm³/mol. The smallest absolute Gasteiger partial charge is 0.269 e. The molecule has 1 aliphatic heterocycles. The number of ether oxygens (including phenoxy) is 1. The number of hydrogen-bond acceptors (Lipinski definition) is 5. The van der Waals surface area contributed by atoms with Crippen LogP contribution in [0.1, 0.15) is 23.0 Å². The molecule has 6 heteroatoms. The number of nitrogens with zero attached hydrogens (tertiary/aromatic N) is 3. The summed E-state index contributed by atoms with van der Waals surface area (Å²) < 4.78 is 5.16. The Balaban J connectivity index is 1.52. The highest BCUT2D eigenvalue weighted by Gasteiger charge is 2.17. The molecular weight excluding hydrogens is 340 g/mol. The largest absolute Gasteiger partial charge is 0.497 e. The van der Waals surface area contributed by atoms with Gasteiger partial charge in [-0.25, -0.2) is 0 Å². The number of carbonyl (C=O) groups is 1. The number of anilines is 1. The molecule has 1 N–H and O–H groups in total. The van der Waals surface area contributed by atoms with E-state index in [1.807, 2.05) is 36.4 Å². The first-order chi connectivity index (χ1) is 13.2. The van der Waals surface area contributed by atoms with Crippen LogP contribution in [0.3, 0.4) is 0 Å². The maximum atomic E-state index is 12.4. The van der Waals surface area contributed by atoms with Gasteiger partial charge in [-0.1, -0.05) is 19.1 Å². The summed E-state index contributed by atoms with van der Waals surface area (Å²) in [6.07, 6.45) is 2.49. The van der Waals surface area contributed by atoms with Crippen molar-refractivity contribution in [1.29, 1.82) is 0 Å². The molecule has 0 unspecified atom stereocenters. The Morgan fingerprint density at radius 2 is 1.89 bits per heavy atom. The molecule has 2 heterocycles. The number of rotatable bonds is 7. The molecule has 0 saturated carbocycles. The molecule has 27 heavy (non-hydrogen) atoms. The van der Waals surface area contributed by atoms with Crippen LogP contribution in [-0.4, -0.2) is 62.2 Å². The number of pyridine rings is 1. The lowest BCUT2D eigenvalue weighted by atomic mass is 10.1. The number of methoxy groups -OCH3 is 1. The van der Waals surface area contributed by atoms with E-state index in [9.17, 15) is 4.79 Å². The number of nitrogens with one attached hydrogen (secondary N) is 1. The van der Waals surface area contributed by atoms with E-state index in [1.54, 1.807) is 13.3 Å². The van der Waals surface area contributed by atoms with Crippen molar-refractivity contribution in [3.8, 4) is 5.75 Å². The zero-order valence-corrected chi connectivity index (χ0v) is 16.1. The monoisotopic (exact) mass is 368 g/mol. The first-order valence-electron chi connectivity index (χ1n) is 9.54. The molecule has 0 aliphatic carbocycles. The average molecular weight is 368 g/mol. The quantitative estimate of drug-likeness (QED) is 0.812. The average Bonchev–Trinajstić information content (AvgIpc) is 2.74. The third kappa shape index (κ3) is 5.20. The maximum Gasteiger partial charge on any atom is 0.269 e. The van der Waals surface area contributed by atoms with Crippen molar-refractivity contribution >= 4 is 11.6 Å². The van der Waals surface area contributed by atoms with Gasteiger partial charge < -0.3 is 19.9 Å². The Morgan fingerprint density at radius 3 is 2.56 bits per heavy atom. The molecule has 1 aliphatic rings. The molecule has 0 bridgehead atoms. The Bertz CT molecular complexity index is 740. The summed E-state index contributed by atoms with van der Waals surface area (Å²) in [6.45, 7) is 7.94. The minimum atomic E-state index is -0.127. The van der Waals surface area contributed by atoms with Crippen LogP contribution in [0.25, 0.3) is 0 Å². The van der Waals surface area contributed by atoms with E-state index in [4.69, 9.17) is 4.74 Å². The van der Waals surface area contributed by atoms with Crippen LogP contribution in [0.5, 0.6) is 5.75 Å². The van der Waals surface area contributed by atoms with Gasteiger partial charge in [-0.15, -0.1) is 0 Å². The number of amides is 1. The van der Waals surface area contributed by atoms with E-state index in [0.717, 1.165) is 56.1 Å². The Kier molecular flexibility index (Phi) is 6.65. The first kappa shape index (κ1) is 19.2. The maximum absolute atomic E-state index is 12.4. The van der Waals surface area contributed by atoms with Gasteiger partial charge in [0, 0.05) is 44.6 Å². The minimum Gasteiger partial charge on any atom is -0.497 e. The van der Waals surface area contributed by atoms with Gasteiger partial charge in [0.2, 0.25) is 0 Å². The van der Waals surface area contributed by atoms with Crippen LogP contribution in [0, 0.1) is 0 Å². The number of piperazine rings is 1. The lowest BCUT2D eigenvalue weighted by molar-refractivity contribution is 0.0949. The second-order valence-electron chi connectivity index (χ2n) is 6.67. The van der Waals surface area contributed by atoms with Gasteiger partial charge in [0.25, 0.3) is 5.91 Å². The van der Waals surface area contributed by atoms with Crippen LogP contribution in [0.2, 0.25) is 0 Å². The van der Waals surface area contributed by atoms with Gasteiger partial charge in [0.1, 0.15) is 11.4 Å². The third-order valence-electron chi connectivity index (χ3n) is 5.02. The summed E-state index contributed by atoms with van der Waals surface area (Å²) in [4.78, 5) is 21.5. The predicted octanol–water partition coefficient (Wildman–Crippen LogP) is 2.20. The Labute approximate surface area is 161 Å². The molecule has 1 saturated heterocycles. The number of likely N-dealkylation sites (N-methyl/N-ethyl adjacent to an activating group) is 1. The van der Waals surface area contributed by atoms with Crippen LogP contribution in [0.4, 0.5) is 5.69 Å². The van der Waals surface area contributed by atoms with Crippen molar-refractivity contribution in [3.05, 3.63) is 53.9 Å². The molecule has 1 fully saturated rings. The fourth-order valence-corrected chi connectivity index (χ4v) is 3.27. The lowest BCUT2D eigenvalue weighted by Crippen LogP contribution is -2.46.